The molecule has 1 aromatic heterocycles. The summed E-state index contributed by atoms with van der Waals surface area (Å²) in [5.74, 6) is 2.53. The summed E-state index contributed by atoms with van der Waals surface area (Å²) in [7, 11) is 3.93. The fraction of sp³-hybridized carbons (Fsp3) is 0.692. The molecule has 0 amide bonds. The van der Waals surface area contributed by atoms with Crippen LogP contribution in [0.2, 0.25) is 0 Å². The van der Waals surface area contributed by atoms with Gasteiger partial charge in [-0.2, -0.15) is 4.98 Å². The lowest BCUT2D eigenvalue weighted by Crippen LogP contribution is -2.53. The molecule has 0 saturated carbocycles. The molecule has 3 aliphatic rings. The second kappa shape index (κ2) is 4.72. The molecule has 1 N–H and O–H groups in total. The summed E-state index contributed by atoms with van der Waals surface area (Å²) in [5.41, 5.74) is 0. The Labute approximate surface area is 108 Å². The van der Waals surface area contributed by atoms with E-state index in [1.807, 2.05) is 31.3 Å². The minimum Gasteiger partial charge on any atom is -0.366 e. The van der Waals surface area contributed by atoms with Gasteiger partial charge >= 0.3 is 0 Å². The van der Waals surface area contributed by atoms with Crippen LogP contribution in [0.1, 0.15) is 12.8 Å². The highest BCUT2D eigenvalue weighted by Gasteiger charge is 2.34. The number of anilines is 2. The van der Waals surface area contributed by atoms with Crippen LogP contribution in [0.5, 0.6) is 0 Å². The predicted molar refractivity (Wildman–Crippen MR) is 72.9 cm³/mol. The van der Waals surface area contributed by atoms with Gasteiger partial charge < -0.3 is 15.1 Å². The van der Waals surface area contributed by atoms with Gasteiger partial charge in [-0.15, -0.1) is 0 Å². The van der Waals surface area contributed by atoms with Crippen LogP contribution in [-0.2, 0) is 0 Å². The molecule has 0 radical (unpaired) electrons. The molecule has 1 unspecified atom stereocenters. The van der Waals surface area contributed by atoms with Gasteiger partial charge in [-0.25, -0.2) is 4.98 Å². The maximum Gasteiger partial charge on any atom is 0.226 e. The first kappa shape index (κ1) is 11.7. The van der Waals surface area contributed by atoms with Crippen molar-refractivity contribution in [1.29, 1.82) is 0 Å². The van der Waals surface area contributed by atoms with Crippen LogP contribution < -0.4 is 10.2 Å². The summed E-state index contributed by atoms with van der Waals surface area (Å²) in [6, 6.07) is 2.52. The molecule has 1 atom stereocenters. The number of nitrogens with zero attached hydrogens (tertiary/aromatic N) is 4. The van der Waals surface area contributed by atoms with E-state index in [0.29, 0.717) is 6.04 Å². The first-order valence-electron chi connectivity index (χ1n) is 6.71. The highest BCUT2D eigenvalue weighted by atomic mass is 15.2. The van der Waals surface area contributed by atoms with Gasteiger partial charge in [-0.3, -0.25) is 0 Å². The maximum atomic E-state index is 4.54. The van der Waals surface area contributed by atoms with Crippen molar-refractivity contribution in [2.45, 2.75) is 18.9 Å². The molecule has 18 heavy (non-hydrogen) atoms. The highest BCUT2D eigenvalue weighted by molar-refractivity contribution is 5.41. The van der Waals surface area contributed by atoms with E-state index in [1.165, 1.54) is 25.9 Å². The van der Waals surface area contributed by atoms with E-state index in [2.05, 4.69) is 20.2 Å². The van der Waals surface area contributed by atoms with Crippen molar-refractivity contribution < 1.29 is 0 Å². The summed E-state index contributed by atoms with van der Waals surface area (Å²) in [6.45, 7) is 3.71. The van der Waals surface area contributed by atoms with Gasteiger partial charge in [0.05, 0.1) is 0 Å². The highest BCUT2D eigenvalue weighted by Crippen LogP contribution is 2.29. The van der Waals surface area contributed by atoms with Gasteiger partial charge in [0.15, 0.2) is 0 Å². The first-order chi connectivity index (χ1) is 8.72. The van der Waals surface area contributed by atoms with E-state index in [4.69, 9.17) is 0 Å². The fourth-order valence-corrected chi connectivity index (χ4v) is 2.96. The molecule has 0 spiro atoms. The van der Waals surface area contributed by atoms with Gasteiger partial charge in [-0.05, 0) is 37.9 Å². The largest absolute Gasteiger partial charge is 0.366 e. The van der Waals surface area contributed by atoms with E-state index >= 15 is 0 Å². The lowest BCUT2D eigenvalue weighted by Gasteiger charge is -2.45. The fourth-order valence-electron chi connectivity index (χ4n) is 2.96. The van der Waals surface area contributed by atoms with E-state index in [1.54, 1.807) is 0 Å². The minimum atomic E-state index is 0.553. The molecule has 2 bridgehead atoms. The topological polar surface area (TPSA) is 44.3 Å². The summed E-state index contributed by atoms with van der Waals surface area (Å²) in [6.07, 6.45) is 4.47. The quantitative estimate of drug-likeness (QED) is 0.865. The van der Waals surface area contributed by atoms with Crippen LogP contribution in [0.15, 0.2) is 12.3 Å². The Morgan fingerprint density at radius 2 is 2.11 bits per heavy atom. The summed E-state index contributed by atoms with van der Waals surface area (Å²) in [5, 5.41) is 3.59. The molecule has 98 valence electrons. The predicted octanol–water partition coefficient (Wildman–Crippen LogP) is 1.05. The molecule has 3 saturated heterocycles. The molecular formula is C13H21N5. The van der Waals surface area contributed by atoms with Crippen molar-refractivity contribution in [3.63, 3.8) is 0 Å². The molecule has 4 heterocycles. The summed E-state index contributed by atoms with van der Waals surface area (Å²) in [4.78, 5) is 13.3. The van der Waals surface area contributed by atoms with Crippen LogP contribution in [0.3, 0.4) is 0 Å². The zero-order valence-corrected chi connectivity index (χ0v) is 11.1. The average Bonchev–Trinajstić information content (AvgIpc) is 2.40. The Balaban J connectivity index is 1.71. The molecule has 0 aliphatic carbocycles. The van der Waals surface area contributed by atoms with E-state index in [0.717, 1.165) is 24.2 Å². The van der Waals surface area contributed by atoms with Crippen LogP contribution in [-0.4, -0.2) is 54.6 Å². The van der Waals surface area contributed by atoms with Crippen molar-refractivity contribution in [2.24, 2.45) is 5.92 Å². The zero-order valence-electron chi connectivity index (χ0n) is 11.1. The monoisotopic (exact) mass is 247 g/mol. The van der Waals surface area contributed by atoms with Crippen molar-refractivity contribution >= 4 is 11.8 Å². The molecule has 4 rings (SSSR count). The Morgan fingerprint density at radius 1 is 1.33 bits per heavy atom. The van der Waals surface area contributed by atoms with Crippen molar-refractivity contribution in [1.82, 2.24) is 14.9 Å². The Bertz CT molecular complexity index is 412. The molecule has 5 nitrogen and oxygen atoms in total. The van der Waals surface area contributed by atoms with Crippen LogP contribution in [0, 0.1) is 5.92 Å². The smallest absolute Gasteiger partial charge is 0.226 e. The van der Waals surface area contributed by atoms with Crippen molar-refractivity contribution in [3.05, 3.63) is 12.3 Å². The average molecular weight is 247 g/mol. The van der Waals surface area contributed by atoms with Gasteiger partial charge in [0.1, 0.15) is 5.82 Å². The van der Waals surface area contributed by atoms with Crippen molar-refractivity contribution in [3.8, 4) is 0 Å². The number of aromatic nitrogens is 2. The number of piperidine rings is 3. The number of hydrogen-bond acceptors (Lipinski definition) is 5. The van der Waals surface area contributed by atoms with Crippen LogP contribution in [0.25, 0.3) is 0 Å². The van der Waals surface area contributed by atoms with E-state index < -0.39 is 0 Å². The van der Waals surface area contributed by atoms with E-state index in [9.17, 15) is 0 Å². The van der Waals surface area contributed by atoms with Crippen molar-refractivity contribution in [2.75, 3.05) is 43.9 Å². The lowest BCUT2D eigenvalue weighted by molar-refractivity contribution is 0.0974. The Hall–Kier alpha value is -1.36. The van der Waals surface area contributed by atoms with E-state index in [-0.39, 0.29) is 0 Å². The van der Waals surface area contributed by atoms with Crippen LogP contribution >= 0.6 is 0 Å². The number of fused-ring (bicyclic) bond motifs is 3. The SMILES string of the molecule is CN(C)c1nccc(NC2CN3CCC2CC3)n1. The standard InChI is InChI=1S/C13H21N5/c1-17(2)13-14-6-3-12(16-13)15-11-9-18-7-4-10(11)5-8-18/h3,6,10-11H,4-5,7-9H2,1-2H3,(H,14,15,16). The van der Waals surface area contributed by atoms with Gasteiger partial charge in [0.2, 0.25) is 5.95 Å². The molecule has 5 heteroatoms. The van der Waals surface area contributed by atoms with Gasteiger partial charge in [0, 0.05) is 32.9 Å². The third kappa shape index (κ3) is 2.27. The molecule has 3 aliphatic heterocycles. The molecule has 1 aromatic rings. The second-order valence-electron chi connectivity index (χ2n) is 5.53. The third-order valence-corrected chi connectivity index (χ3v) is 4.03. The minimum absolute atomic E-state index is 0.553. The molecule has 0 aromatic carbocycles. The maximum absolute atomic E-state index is 4.54. The number of nitrogens with one attached hydrogen (secondary N) is 1. The number of hydrogen-bond donors (Lipinski definition) is 1. The first-order valence-corrected chi connectivity index (χ1v) is 6.71. The second-order valence-corrected chi connectivity index (χ2v) is 5.53. The Kier molecular flexibility index (Phi) is 3.07. The third-order valence-electron chi connectivity index (χ3n) is 4.03. The number of rotatable bonds is 3. The molecule has 3 fully saturated rings. The summed E-state index contributed by atoms with van der Waals surface area (Å²) >= 11 is 0. The van der Waals surface area contributed by atoms with Gasteiger partial charge in [0.25, 0.3) is 0 Å². The van der Waals surface area contributed by atoms with Gasteiger partial charge in [-0.1, -0.05) is 0 Å². The zero-order chi connectivity index (χ0) is 12.5. The molecular weight excluding hydrogens is 226 g/mol. The van der Waals surface area contributed by atoms with Crippen LogP contribution in [0.4, 0.5) is 11.8 Å². The normalized spacial score (nSPS) is 30.2. The Morgan fingerprint density at radius 3 is 2.72 bits per heavy atom. The summed E-state index contributed by atoms with van der Waals surface area (Å²) < 4.78 is 0. The lowest BCUT2D eigenvalue weighted by atomic mass is 9.84.